The van der Waals surface area contributed by atoms with Gasteiger partial charge < -0.3 is 9.08 Å². The maximum absolute atomic E-state index is 13.0. The van der Waals surface area contributed by atoms with Crippen molar-refractivity contribution in [2.45, 2.75) is 50.7 Å². The van der Waals surface area contributed by atoms with E-state index in [2.05, 4.69) is 0 Å². The first-order chi connectivity index (χ1) is 15.0. The van der Waals surface area contributed by atoms with E-state index in [4.69, 9.17) is 4.18 Å². The summed E-state index contributed by atoms with van der Waals surface area (Å²) >= 11 is 0. The number of hydrogen-bond donors (Lipinski definition) is 0. The third-order valence-corrected chi connectivity index (χ3v) is 6.57. The summed E-state index contributed by atoms with van der Waals surface area (Å²) in [6.07, 6.45) is -1.98. The van der Waals surface area contributed by atoms with Crippen LogP contribution in [0.25, 0.3) is 0 Å². The molecule has 0 bridgehead atoms. The number of para-hydroxylation sites is 1. The lowest BCUT2D eigenvalue weighted by atomic mass is 9.84. The van der Waals surface area contributed by atoms with Crippen LogP contribution in [0.1, 0.15) is 44.2 Å². The van der Waals surface area contributed by atoms with Gasteiger partial charge in [0.1, 0.15) is 10.6 Å². The Hall–Kier alpha value is -2.55. The Morgan fingerprint density at radius 2 is 1.81 bits per heavy atom. The number of carbonyl (C=O) groups is 1. The van der Waals surface area contributed by atoms with E-state index in [0.29, 0.717) is 18.2 Å². The smallest absolute Gasteiger partial charge is 0.379 e. The van der Waals surface area contributed by atoms with Gasteiger partial charge in [-0.2, -0.15) is 21.6 Å². The van der Waals surface area contributed by atoms with E-state index < -0.39 is 26.8 Å². The lowest BCUT2D eigenvalue weighted by Crippen LogP contribution is -2.40. The first-order valence-corrected chi connectivity index (χ1v) is 11.9. The molecule has 2 aromatic carbocycles. The van der Waals surface area contributed by atoms with Crippen LogP contribution in [0.5, 0.6) is 5.75 Å². The normalized spacial score (nSPS) is 14.8. The fraction of sp³-hybridized carbons (Fsp3) is 0.435. The molecule has 0 unspecified atom stereocenters. The van der Waals surface area contributed by atoms with Crippen LogP contribution in [0.4, 0.5) is 13.2 Å². The summed E-state index contributed by atoms with van der Waals surface area (Å²) in [5.41, 5.74) is -0.610. The Bertz CT molecular complexity index is 1060. The highest BCUT2D eigenvalue weighted by Gasteiger charge is 2.33. The molecule has 0 spiro atoms. The molecule has 32 heavy (non-hydrogen) atoms. The van der Waals surface area contributed by atoms with Gasteiger partial charge >= 0.3 is 16.3 Å². The molecule has 0 atom stereocenters. The average molecular weight is 470 g/mol. The second kappa shape index (κ2) is 9.52. The van der Waals surface area contributed by atoms with E-state index in [1.54, 1.807) is 23.1 Å². The molecule has 0 saturated heterocycles. The first kappa shape index (κ1) is 24.1. The highest BCUT2D eigenvalue weighted by molar-refractivity contribution is 7.87. The molecule has 9 heteroatoms. The number of halogens is 3. The topological polar surface area (TPSA) is 63.7 Å². The monoisotopic (exact) mass is 469 g/mol. The van der Waals surface area contributed by atoms with Gasteiger partial charge in [0.05, 0.1) is 5.56 Å². The fourth-order valence-electron chi connectivity index (χ4n) is 3.50. The highest BCUT2D eigenvalue weighted by atomic mass is 32.2. The molecule has 5 nitrogen and oxygen atoms in total. The van der Waals surface area contributed by atoms with Crippen LogP contribution in [-0.4, -0.2) is 25.8 Å². The molecule has 1 fully saturated rings. The predicted molar refractivity (Wildman–Crippen MR) is 113 cm³/mol. The van der Waals surface area contributed by atoms with Crippen LogP contribution in [0, 0.1) is 11.8 Å². The zero-order valence-corrected chi connectivity index (χ0v) is 18.7. The van der Waals surface area contributed by atoms with Gasteiger partial charge in [-0.25, -0.2) is 0 Å². The van der Waals surface area contributed by atoms with Crippen LogP contribution in [0.2, 0.25) is 0 Å². The standard InChI is InChI=1S/C23H26F3NO4S/c1-16(2)14-27(22(28)17-8-5-9-17)15-18-7-3-4-12-21(18)31-32(29,30)20-11-6-10-19(13-20)23(24,25)26/h3-4,6-7,10-13,16-17H,5,8-9,14-15H2,1-2H3. The maximum atomic E-state index is 13.0. The molecular formula is C23H26F3NO4S. The number of rotatable bonds is 8. The highest BCUT2D eigenvalue weighted by Crippen LogP contribution is 2.33. The number of hydrogen-bond acceptors (Lipinski definition) is 4. The van der Waals surface area contributed by atoms with Crippen molar-refractivity contribution in [2.75, 3.05) is 6.54 Å². The van der Waals surface area contributed by atoms with Gasteiger partial charge in [-0.05, 0) is 43.0 Å². The van der Waals surface area contributed by atoms with Crippen molar-refractivity contribution in [2.24, 2.45) is 11.8 Å². The number of amides is 1. The van der Waals surface area contributed by atoms with Crippen molar-refractivity contribution in [1.82, 2.24) is 4.90 Å². The van der Waals surface area contributed by atoms with E-state index in [9.17, 15) is 26.4 Å². The van der Waals surface area contributed by atoms with Crippen molar-refractivity contribution in [3.05, 3.63) is 59.7 Å². The zero-order valence-electron chi connectivity index (χ0n) is 17.9. The Morgan fingerprint density at radius 3 is 2.41 bits per heavy atom. The van der Waals surface area contributed by atoms with Crippen molar-refractivity contribution >= 4 is 16.0 Å². The summed E-state index contributed by atoms with van der Waals surface area (Å²) in [6, 6.07) is 9.76. The zero-order chi connectivity index (χ0) is 23.5. The molecule has 1 aliphatic carbocycles. The average Bonchev–Trinajstić information content (AvgIpc) is 2.66. The number of nitrogens with zero attached hydrogens (tertiary/aromatic N) is 1. The summed E-state index contributed by atoms with van der Waals surface area (Å²) in [5.74, 6) is 0.206. The van der Waals surface area contributed by atoms with Gasteiger partial charge in [-0.1, -0.05) is 44.5 Å². The molecule has 1 aliphatic rings. The van der Waals surface area contributed by atoms with Gasteiger partial charge in [0.2, 0.25) is 5.91 Å². The molecule has 2 aromatic rings. The molecule has 174 valence electrons. The molecule has 1 saturated carbocycles. The van der Waals surface area contributed by atoms with Crippen molar-refractivity contribution in [3.63, 3.8) is 0 Å². The minimum Gasteiger partial charge on any atom is -0.379 e. The summed E-state index contributed by atoms with van der Waals surface area (Å²) in [5, 5.41) is 0. The van der Waals surface area contributed by atoms with Gasteiger partial charge in [-0.3, -0.25) is 4.79 Å². The Morgan fingerprint density at radius 1 is 1.12 bits per heavy atom. The summed E-state index contributed by atoms with van der Waals surface area (Å²) in [4.78, 5) is 14.0. The van der Waals surface area contributed by atoms with Crippen LogP contribution in [0.15, 0.2) is 53.4 Å². The van der Waals surface area contributed by atoms with Crippen molar-refractivity contribution < 1.29 is 30.6 Å². The molecule has 0 radical (unpaired) electrons. The minimum atomic E-state index is -4.68. The largest absolute Gasteiger partial charge is 0.416 e. The van der Waals surface area contributed by atoms with E-state index in [1.165, 1.54) is 6.07 Å². The van der Waals surface area contributed by atoms with Crippen LogP contribution >= 0.6 is 0 Å². The van der Waals surface area contributed by atoms with Crippen molar-refractivity contribution in [1.29, 1.82) is 0 Å². The summed E-state index contributed by atoms with van der Waals surface area (Å²) < 4.78 is 69.7. The molecule has 0 aromatic heterocycles. The maximum Gasteiger partial charge on any atom is 0.416 e. The summed E-state index contributed by atoms with van der Waals surface area (Å²) in [7, 11) is -4.51. The van der Waals surface area contributed by atoms with Crippen LogP contribution in [-0.2, 0) is 27.6 Å². The lowest BCUT2D eigenvalue weighted by Gasteiger charge is -2.33. The van der Waals surface area contributed by atoms with Crippen LogP contribution < -0.4 is 4.18 Å². The predicted octanol–water partition coefficient (Wildman–Crippen LogP) is 5.26. The Kier molecular flexibility index (Phi) is 7.17. The number of alkyl halides is 3. The minimum absolute atomic E-state index is 0.0138. The quantitative estimate of drug-likeness (QED) is 0.495. The molecule has 0 heterocycles. The Balaban J connectivity index is 1.86. The van der Waals surface area contributed by atoms with E-state index in [-0.39, 0.29) is 30.0 Å². The Labute approximate surface area is 186 Å². The third kappa shape index (κ3) is 5.82. The second-order valence-corrected chi connectivity index (χ2v) is 9.96. The number of benzene rings is 2. The van der Waals surface area contributed by atoms with E-state index in [0.717, 1.165) is 37.5 Å². The van der Waals surface area contributed by atoms with Gasteiger partial charge in [0.15, 0.2) is 0 Å². The molecule has 1 amide bonds. The SMILES string of the molecule is CC(C)CN(Cc1ccccc1OS(=O)(=O)c1cccc(C(F)(F)F)c1)C(=O)C1CCC1. The van der Waals surface area contributed by atoms with Crippen molar-refractivity contribution in [3.8, 4) is 5.75 Å². The second-order valence-electron chi connectivity index (χ2n) is 8.41. The molecule has 0 N–H and O–H groups in total. The van der Waals surface area contributed by atoms with Gasteiger partial charge in [0, 0.05) is 24.6 Å². The first-order valence-electron chi connectivity index (χ1n) is 10.5. The fourth-order valence-corrected chi connectivity index (χ4v) is 4.51. The van der Waals surface area contributed by atoms with E-state index >= 15 is 0 Å². The molecule has 3 rings (SSSR count). The molecular weight excluding hydrogens is 443 g/mol. The van der Waals surface area contributed by atoms with Gasteiger partial charge in [0.25, 0.3) is 0 Å². The summed E-state index contributed by atoms with van der Waals surface area (Å²) in [6.45, 7) is 4.63. The lowest BCUT2D eigenvalue weighted by molar-refractivity contribution is -0.139. The number of carbonyl (C=O) groups excluding carboxylic acids is 1. The van der Waals surface area contributed by atoms with Gasteiger partial charge in [-0.15, -0.1) is 0 Å². The third-order valence-electron chi connectivity index (χ3n) is 5.33. The molecule has 0 aliphatic heterocycles. The van der Waals surface area contributed by atoms with E-state index in [1.807, 2.05) is 13.8 Å². The van der Waals surface area contributed by atoms with Crippen LogP contribution in [0.3, 0.4) is 0 Å².